The van der Waals surface area contributed by atoms with E-state index in [2.05, 4.69) is 29.5 Å². The molecule has 0 unspecified atom stereocenters. The number of halogens is 1. The van der Waals surface area contributed by atoms with E-state index >= 15 is 0 Å². The Morgan fingerprint density at radius 2 is 2.24 bits per heavy atom. The summed E-state index contributed by atoms with van der Waals surface area (Å²) in [7, 11) is 1.93. The number of hydrogen-bond donors (Lipinski definition) is 1. The van der Waals surface area contributed by atoms with Crippen molar-refractivity contribution < 1.29 is 0 Å². The number of hydrogen-bond acceptors (Lipinski definition) is 2. The van der Waals surface area contributed by atoms with Crippen molar-refractivity contribution in [1.29, 1.82) is 0 Å². The lowest BCUT2D eigenvalue weighted by Crippen LogP contribution is -2.10. The van der Waals surface area contributed by atoms with Gasteiger partial charge in [-0.05, 0) is 44.6 Å². The van der Waals surface area contributed by atoms with Gasteiger partial charge < -0.3 is 5.32 Å². The van der Waals surface area contributed by atoms with Gasteiger partial charge in [-0.15, -0.1) is 0 Å². The molecular formula is C13H16ClN3. The van der Waals surface area contributed by atoms with Gasteiger partial charge in [0.05, 0.1) is 11.9 Å². The first-order valence-corrected chi connectivity index (χ1v) is 6.04. The van der Waals surface area contributed by atoms with Crippen LogP contribution >= 0.6 is 11.6 Å². The van der Waals surface area contributed by atoms with Gasteiger partial charge in [-0.3, -0.25) is 0 Å². The molecular weight excluding hydrogens is 234 g/mol. The van der Waals surface area contributed by atoms with Crippen molar-refractivity contribution in [3.63, 3.8) is 0 Å². The van der Waals surface area contributed by atoms with Gasteiger partial charge in [0.25, 0.3) is 0 Å². The molecule has 1 aromatic carbocycles. The normalized spacial score (nSPS) is 10.8. The van der Waals surface area contributed by atoms with Crippen LogP contribution in [0.1, 0.15) is 11.1 Å². The second-order valence-corrected chi connectivity index (χ2v) is 4.42. The summed E-state index contributed by atoms with van der Waals surface area (Å²) >= 11 is 6.32. The number of aryl methyl sites for hydroxylation is 1. The van der Waals surface area contributed by atoms with Crippen LogP contribution in [0.4, 0.5) is 0 Å². The molecule has 0 aliphatic rings. The maximum Gasteiger partial charge on any atom is 0.136 e. The topological polar surface area (TPSA) is 29.9 Å². The summed E-state index contributed by atoms with van der Waals surface area (Å²) in [5.74, 6) is 0. The van der Waals surface area contributed by atoms with Gasteiger partial charge in [0.1, 0.15) is 5.15 Å². The summed E-state index contributed by atoms with van der Waals surface area (Å²) in [6, 6.07) is 8.15. The molecule has 0 fully saturated rings. The molecule has 0 spiro atoms. The van der Waals surface area contributed by atoms with E-state index < -0.39 is 0 Å². The Morgan fingerprint density at radius 1 is 1.41 bits per heavy atom. The van der Waals surface area contributed by atoms with Crippen molar-refractivity contribution in [1.82, 2.24) is 15.1 Å². The van der Waals surface area contributed by atoms with Gasteiger partial charge in [0.2, 0.25) is 0 Å². The number of benzene rings is 1. The number of aromatic nitrogens is 2. The van der Waals surface area contributed by atoms with E-state index in [1.807, 2.05) is 25.4 Å². The summed E-state index contributed by atoms with van der Waals surface area (Å²) in [5.41, 5.74) is 3.28. The zero-order valence-corrected chi connectivity index (χ0v) is 10.8. The molecule has 0 atom stereocenters. The molecule has 0 aliphatic heterocycles. The minimum Gasteiger partial charge on any atom is -0.319 e. The standard InChI is InChI=1S/C13H16ClN3/c1-10-4-3-5-12(8-10)17-13(14)11(9-16-17)6-7-15-2/h3-5,8-9,15H,6-7H2,1-2H3. The summed E-state index contributed by atoms with van der Waals surface area (Å²) in [6.07, 6.45) is 2.73. The fourth-order valence-corrected chi connectivity index (χ4v) is 2.02. The fourth-order valence-electron chi connectivity index (χ4n) is 1.73. The molecule has 3 nitrogen and oxygen atoms in total. The minimum absolute atomic E-state index is 0.700. The first-order valence-electron chi connectivity index (χ1n) is 5.66. The van der Waals surface area contributed by atoms with Crippen molar-refractivity contribution >= 4 is 11.6 Å². The van der Waals surface area contributed by atoms with Crippen LogP contribution in [0.15, 0.2) is 30.5 Å². The van der Waals surface area contributed by atoms with Crippen LogP contribution in [0.3, 0.4) is 0 Å². The Balaban J connectivity index is 2.30. The van der Waals surface area contributed by atoms with E-state index in [1.54, 1.807) is 4.68 Å². The van der Waals surface area contributed by atoms with Gasteiger partial charge in [-0.1, -0.05) is 23.7 Å². The Hall–Kier alpha value is -1.32. The molecule has 2 rings (SSSR count). The lowest BCUT2D eigenvalue weighted by Gasteiger charge is -2.04. The van der Waals surface area contributed by atoms with E-state index in [1.165, 1.54) is 5.56 Å². The highest BCUT2D eigenvalue weighted by Gasteiger charge is 2.09. The van der Waals surface area contributed by atoms with Crippen molar-refractivity contribution in [2.45, 2.75) is 13.3 Å². The van der Waals surface area contributed by atoms with E-state index in [0.717, 1.165) is 24.2 Å². The molecule has 17 heavy (non-hydrogen) atoms. The Bertz CT molecular complexity index is 505. The second kappa shape index (κ2) is 5.34. The smallest absolute Gasteiger partial charge is 0.136 e. The summed E-state index contributed by atoms with van der Waals surface area (Å²) < 4.78 is 1.78. The van der Waals surface area contributed by atoms with Crippen molar-refractivity contribution in [3.8, 4) is 5.69 Å². The van der Waals surface area contributed by atoms with Gasteiger partial charge in [0, 0.05) is 5.56 Å². The van der Waals surface area contributed by atoms with E-state index in [9.17, 15) is 0 Å². The third-order valence-corrected chi connectivity index (χ3v) is 3.07. The molecule has 0 saturated carbocycles. The van der Waals surface area contributed by atoms with Gasteiger partial charge in [-0.2, -0.15) is 5.10 Å². The zero-order valence-electron chi connectivity index (χ0n) is 10.1. The highest BCUT2D eigenvalue weighted by atomic mass is 35.5. The molecule has 0 aliphatic carbocycles. The Morgan fingerprint density at radius 3 is 2.94 bits per heavy atom. The van der Waals surface area contributed by atoms with Crippen LogP contribution in [-0.2, 0) is 6.42 Å². The highest BCUT2D eigenvalue weighted by molar-refractivity contribution is 6.30. The fraction of sp³-hybridized carbons (Fsp3) is 0.308. The molecule has 90 valence electrons. The van der Waals surface area contributed by atoms with Crippen LogP contribution in [0.2, 0.25) is 5.15 Å². The molecule has 0 radical (unpaired) electrons. The Labute approximate surface area is 106 Å². The van der Waals surface area contributed by atoms with Crippen LogP contribution in [-0.4, -0.2) is 23.4 Å². The first kappa shape index (κ1) is 12.1. The molecule has 1 N–H and O–H groups in total. The zero-order chi connectivity index (χ0) is 12.3. The predicted molar refractivity (Wildman–Crippen MR) is 70.9 cm³/mol. The Kier molecular flexibility index (Phi) is 3.82. The summed E-state index contributed by atoms with van der Waals surface area (Å²) in [6.45, 7) is 2.96. The van der Waals surface area contributed by atoms with E-state index in [4.69, 9.17) is 11.6 Å². The maximum atomic E-state index is 6.32. The largest absolute Gasteiger partial charge is 0.319 e. The quantitative estimate of drug-likeness (QED) is 0.903. The number of likely N-dealkylation sites (N-methyl/N-ethyl adjacent to an activating group) is 1. The summed E-state index contributed by atoms with van der Waals surface area (Å²) in [5, 5.41) is 8.14. The molecule has 1 heterocycles. The average molecular weight is 250 g/mol. The summed E-state index contributed by atoms with van der Waals surface area (Å²) in [4.78, 5) is 0. The monoisotopic (exact) mass is 249 g/mol. The highest BCUT2D eigenvalue weighted by Crippen LogP contribution is 2.20. The van der Waals surface area contributed by atoms with E-state index in [0.29, 0.717) is 5.15 Å². The molecule has 1 aromatic heterocycles. The van der Waals surface area contributed by atoms with Crippen LogP contribution in [0, 0.1) is 6.92 Å². The lowest BCUT2D eigenvalue weighted by atomic mass is 10.2. The van der Waals surface area contributed by atoms with Crippen molar-refractivity contribution in [3.05, 3.63) is 46.7 Å². The minimum atomic E-state index is 0.700. The predicted octanol–water partition coefficient (Wildman–Crippen LogP) is 2.60. The maximum absolute atomic E-state index is 6.32. The van der Waals surface area contributed by atoms with E-state index in [-0.39, 0.29) is 0 Å². The molecule has 2 aromatic rings. The third-order valence-electron chi connectivity index (χ3n) is 2.67. The third kappa shape index (κ3) is 2.68. The first-order chi connectivity index (χ1) is 8.22. The molecule has 0 bridgehead atoms. The van der Waals surface area contributed by atoms with Crippen LogP contribution in [0.25, 0.3) is 5.69 Å². The number of rotatable bonds is 4. The van der Waals surface area contributed by atoms with Gasteiger partial charge >= 0.3 is 0 Å². The number of nitrogens with one attached hydrogen (secondary N) is 1. The number of nitrogens with zero attached hydrogens (tertiary/aromatic N) is 2. The van der Waals surface area contributed by atoms with Crippen LogP contribution in [0.5, 0.6) is 0 Å². The molecule has 4 heteroatoms. The second-order valence-electron chi connectivity index (χ2n) is 4.06. The van der Waals surface area contributed by atoms with Gasteiger partial charge in [-0.25, -0.2) is 4.68 Å². The average Bonchev–Trinajstić information content (AvgIpc) is 2.68. The van der Waals surface area contributed by atoms with Crippen molar-refractivity contribution in [2.24, 2.45) is 0 Å². The SMILES string of the molecule is CNCCc1cnn(-c2cccc(C)c2)c1Cl. The lowest BCUT2D eigenvalue weighted by molar-refractivity contribution is 0.791. The molecule has 0 saturated heterocycles. The molecule has 0 amide bonds. The van der Waals surface area contributed by atoms with Crippen molar-refractivity contribution in [2.75, 3.05) is 13.6 Å². The van der Waals surface area contributed by atoms with Gasteiger partial charge in [0.15, 0.2) is 0 Å². The van der Waals surface area contributed by atoms with Crippen LogP contribution < -0.4 is 5.32 Å².